The Morgan fingerprint density at radius 1 is 1.12 bits per heavy atom. The second-order valence-electron chi connectivity index (χ2n) is 9.12. The minimum atomic E-state index is -1.16. The number of carbonyl (C=O) groups is 2. The molecule has 10 nitrogen and oxygen atoms in total. The molecule has 12 heteroatoms. The lowest BCUT2D eigenvalue weighted by atomic mass is 9.95. The molecular formula is C30H25ClN2O8S. The van der Waals surface area contributed by atoms with Crippen LogP contribution >= 0.6 is 22.9 Å². The van der Waals surface area contributed by atoms with E-state index in [0.29, 0.717) is 49.2 Å². The Balaban J connectivity index is 1.63. The Kier molecular flexibility index (Phi) is 8.06. The van der Waals surface area contributed by atoms with Crippen molar-refractivity contribution >= 4 is 41.0 Å². The second-order valence-corrected chi connectivity index (χ2v) is 10.5. The van der Waals surface area contributed by atoms with Gasteiger partial charge in [0.1, 0.15) is 11.5 Å². The number of rotatable bonds is 8. The highest BCUT2D eigenvalue weighted by atomic mass is 35.5. The third-order valence-electron chi connectivity index (χ3n) is 6.62. The van der Waals surface area contributed by atoms with Crippen molar-refractivity contribution in [3.8, 4) is 22.8 Å². The largest absolute Gasteiger partial charge is 0.493 e. The molecule has 0 aliphatic carbocycles. The molecule has 0 spiro atoms. The van der Waals surface area contributed by atoms with Crippen LogP contribution in [0.25, 0.3) is 17.4 Å². The number of carbonyl (C=O) groups excluding carboxylic acids is 1. The Morgan fingerprint density at radius 2 is 1.88 bits per heavy atom. The molecule has 1 atom stereocenters. The zero-order valence-corrected chi connectivity index (χ0v) is 24.5. The fourth-order valence-electron chi connectivity index (χ4n) is 4.69. The van der Waals surface area contributed by atoms with Crippen LogP contribution < -0.4 is 24.4 Å². The molecule has 0 bridgehead atoms. The lowest BCUT2D eigenvalue weighted by Crippen LogP contribution is -2.39. The molecular weight excluding hydrogens is 584 g/mol. The number of benzene rings is 2. The summed E-state index contributed by atoms with van der Waals surface area (Å²) >= 11 is 7.14. The van der Waals surface area contributed by atoms with Crippen molar-refractivity contribution in [2.24, 2.45) is 4.99 Å². The van der Waals surface area contributed by atoms with Crippen LogP contribution in [-0.4, -0.2) is 42.4 Å². The van der Waals surface area contributed by atoms with Crippen LogP contribution in [-0.2, 0) is 9.53 Å². The van der Waals surface area contributed by atoms with Crippen LogP contribution in [0.15, 0.2) is 74.0 Å². The summed E-state index contributed by atoms with van der Waals surface area (Å²) in [6.45, 7) is 3.56. The number of fused-ring (bicyclic) bond motifs is 1. The van der Waals surface area contributed by atoms with E-state index in [0.717, 1.165) is 11.3 Å². The third kappa shape index (κ3) is 5.24. The van der Waals surface area contributed by atoms with E-state index in [1.165, 1.54) is 30.9 Å². The maximum atomic E-state index is 13.9. The number of nitrogens with zero attached hydrogens (tertiary/aromatic N) is 2. The lowest BCUT2D eigenvalue weighted by molar-refractivity contribution is -0.139. The number of thiazole rings is 1. The zero-order chi connectivity index (χ0) is 30.1. The molecule has 5 rings (SSSR count). The predicted molar refractivity (Wildman–Crippen MR) is 156 cm³/mol. The second kappa shape index (κ2) is 11.7. The van der Waals surface area contributed by atoms with Gasteiger partial charge in [0.05, 0.1) is 53.3 Å². The van der Waals surface area contributed by atoms with Crippen molar-refractivity contribution in [2.75, 3.05) is 20.8 Å². The van der Waals surface area contributed by atoms with E-state index in [4.69, 9.17) is 30.2 Å². The van der Waals surface area contributed by atoms with Gasteiger partial charge in [-0.1, -0.05) is 29.0 Å². The first-order chi connectivity index (χ1) is 20.2. The van der Waals surface area contributed by atoms with E-state index in [1.807, 2.05) is 0 Å². The molecule has 0 amide bonds. The van der Waals surface area contributed by atoms with E-state index in [9.17, 15) is 19.5 Å². The molecule has 0 fully saturated rings. The highest BCUT2D eigenvalue weighted by Gasteiger charge is 2.34. The standard InChI is InChI=1S/C30H25ClN2O8S/c1-5-40-29(37)25-15(2)32-30-33(26(25)17-7-10-22(38-3)23(13-17)39-4)27(34)24(42-30)14-18-8-11-21(41-18)16-6-9-20(31)19(12-16)28(35)36/h6-14,26H,5H2,1-4H3,(H,35,36). The van der Waals surface area contributed by atoms with Gasteiger partial charge in [0.15, 0.2) is 16.3 Å². The zero-order valence-electron chi connectivity index (χ0n) is 23.0. The van der Waals surface area contributed by atoms with Crippen LogP contribution in [0.5, 0.6) is 11.5 Å². The average Bonchev–Trinajstić information content (AvgIpc) is 3.56. The van der Waals surface area contributed by atoms with Gasteiger partial charge >= 0.3 is 11.9 Å². The Hall–Kier alpha value is -4.61. The molecule has 1 unspecified atom stereocenters. The number of hydrogen-bond acceptors (Lipinski definition) is 9. The van der Waals surface area contributed by atoms with Crippen LogP contribution in [0, 0.1) is 0 Å². The Bertz CT molecular complexity index is 1930. The Labute approximate surface area is 248 Å². The minimum absolute atomic E-state index is 0.0524. The number of methoxy groups -OCH3 is 2. The maximum Gasteiger partial charge on any atom is 0.338 e. The smallest absolute Gasteiger partial charge is 0.338 e. The first-order valence-corrected chi connectivity index (χ1v) is 13.9. The van der Waals surface area contributed by atoms with Crippen LogP contribution in [0.2, 0.25) is 5.02 Å². The fraction of sp³-hybridized carbons (Fsp3) is 0.200. The number of aromatic carboxylic acids is 1. The van der Waals surface area contributed by atoms with Crippen molar-refractivity contribution in [1.82, 2.24) is 4.57 Å². The lowest BCUT2D eigenvalue weighted by Gasteiger charge is -2.25. The van der Waals surface area contributed by atoms with Crippen LogP contribution in [0.4, 0.5) is 0 Å². The first kappa shape index (κ1) is 28.9. The SMILES string of the molecule is CCOC(=O)C1=C(C)N=c2sc(=Cc3ccc(-c4ccc(Cl)c(C(=O)O)c4)o3)c(=O)n2C1c1ccc(OC)c(OC)c1. The topological polar surface area (TPSA) is 130 Å². The summed E-state index contributed by atoms with van der Waals surface area (Å²) in [6, 6.07) is 12.2. The minimum Gasteiger partial charge on any atom is -0.493 e. The molecule has 3 heterocycles. The summed E-state index contributed by atoms with van der Waals surface area (Å²) in [5, 5.41) is 9.51. The number of allylic oxidation sites excluding steroid dienone is 1. The predicted octanol–water partition coefficient (Wildman–Crippen LogP) is 4.43. The molecule has 2 aromatic heterocycles. The summed E-state index contributed by atoms with van der Waals surface area (Å²) in [5.74, 6) is -0.0328. The summed E-state index contributed by atoms with van der Waals surface area (Å²) < 4.78 is 23.9. The summed E-state index contributed by atoms with van der Waals surface area (Å²) in [6.07, 6.45) is 1.58. The summed E-state index contributed by atoms with van der Waals surface area (Å²) in [5.41, 5.74) is 1.35. The van der Waals surface area contributed by atoms with E-state index < -0.39 is 18.0 Å². The van der Waals surface area contributed by atoms with Crippen LogP contribution in [0.1, 0.15) is 41.6 Å². The van der Waals surface area contributed by atoms with Gasteiger partial charge in [0.2, 0.25) is 0 Å². The van der Waals surface area contributed by atoms with Gasteiger partial charge in [0.25, 0.3) is 5.56 Å². The normalized spacial score (nSPS) is 14.8. The van der Waals surface area contributed by atoms with Gasteiger partial charge in [-0.3, -0.25) is 9.36 Å². The maximum absolute atomic E-state index is 13.9. The highest BCUT2D eigenvalue weighted by molar-refractivity contribution is 7.07. The molecule has 1 N–H and O–H groups in total. The molecule has 4 aromatic rings. The molecule has 216 valence electrons. The first-order valence-electron chi connectivity index (χ1n) is 12.7. The average molecular weight is 609 g/mol. The molecule has 0 saturated heterocycles. The van der Waals surface area contributed by atoms with Gasteiger partial charge in [-0.2, -0.15) is 0 Å². The van der Waals surface area contributed by atoms with E-state index >= 15 is 0 Å². The summed E-state index contributed by atoms with van der Waals surface area (Å²) in [4.78, 5) is 43.5. The number of esters is 1. The molecule has 0 radical (unpaired) electrons. The molecule has 1 aliphatic heterocycles. The molecule has 2 aromatic carbocycles. The van der Waals surface area contributed by atoms with Crippen molar-refractivity contribution < 1.29 is 33.3 Å². The van der Waals surface area contributed by atoms with Crippen molar-refractivity contribution in [2.45, 2.75) is 19.9 Å². The molecule has 42 heavy (non-hydrogen) atoms. The number of ether oxygens (including phenoxy) is 3. The monoisotopic (exact) mass is 608 g/mol. The number of aromatic nitrogens is 1. The third-order valence-corrected chi connectivity index (χ3v) is 7.93. The quantitative estimate of drug-likeness (QED) is 0.291. The molecule has 0 saturated carbocycles. The van der Waals surface area contributed by atoms with E-state index in [1.54, 1.807) is 56.3 Å². The van der Waals surface area contributed by atoms with Crippen LogP contribution in [0.3, 0.4) is 0 Å². The van der Waals surface area contributed by atoms with Gasteiger partial charge < -0.3 is 23.7 Å². The number of carboxylic acid groups (broad SMARTS) is 1. The van der Waals surface area contributed by atoms with Crippen molar-refractivity contribution in [3.63, 3.8) is 0 Å². The van der Waals surface area contributed by atoms with E-state index in [2.05, 4.69) is 4.99 Å². The van der Waals surface area contributed by atoms with Gasteiger partial charge in [-0.25, -0.2) is 14.6 Å². The van der Waals surface area contributed by atoms with Gasteiger partial charge in [0, 0.05) is 11.6 Å². The van der Waals surface area contributed by atoms with Gasteiger partial charge in [-0.15, -0.1) is 0 Å². The van der Waals surface area contributed by atoms with E-state index in [-0.39, 0.29) is 28.3 Å². The summed E-state index contributed by atoms with van der Waals surface area (Å²) in [7, 11) is 3.03. The number of carboxylic acids is 1. The fourth-order valence-corrected chi connectivity index (χ4v) is 5.91. The number of hydrogen-bond donors (Lipinski definition) is 1. The molecule has 1 aliphatic rings. The van der Waals surface area contributed by atoms with Crippen molar-refractivity contribution in [1.29, 1.82) is 0 Å². The number of furan rings is 1. The van der Waals surface area contributed by atoms with Crippen molar-refractivity contribution in [3.05, 3.63) is 101 Å². The highest BCUT2D eigenvalue weighted by Crippen LogP contribution is 2.36. The van der Waals surface area contributed by atoms with Gasteiger partial charge in [-0.05, 0) is 61.9 Å². The number of halogens is 1. The Morgan fingerprint density at radius 3 is 2.57 bits per heavy atom.